The smallest absolute Gasteiger partial charge is 0.269 e. The molecule has 2 aromatic carbocycles. The van der Waals surface area contributed by atoms with Crippen LogP contribution in [0.25, 0.3) is 11.3 Å². The lowest BCUT2D eigenvalue weighted by atomic mass is 10.1. The summed E-state index contributed by atoms with van der Waals surface area (Å²) in [5.41, 5.74) is 1.59. The number of nitro groups is 1. The van der Waals surface area contributed by atoms with E-state index in [2.05, 4.69) is 20.4 Å². The van der Waals surface area contributed by atoms with Gasteiger partial charge in [-0.15, -0.1) is 5.10 Å². The van der Waals surface area contributed by atoms with Gasteiger partial charge in [-0.3, -0.25) is 19.6 Å². The maximum absolute atomic E-state index is 12.3. The minimum absolute atomic E-state index is 0.110. The van der Waals surface area contributed by atoms with Gasteiger partial charge in [0.25, 0.3) is 5.69 Å². The molecule has 0 aliphatic carbocycles. The second-order valence-electron chi connectivity index (χ2n) is 6.27. The van der Waals surface area contributed by atoms with E-state index in [0.29, 0.717) is 16.9 Å². The first-order chi connectivity index (χ1) is 14.3. The summed E-state index contributed by atoms with van der Waals surface area (Å²) in [5.74, 6) is -0.391. The number of sulfonamides is 1. The molecule has 1 heterocycles. The van der Waals surface area contributed by atoms with Gasteiger partial charge < -0.3 is 5.32 Å². The molecule has 0 atom stereocenters. The van der Waals surface area contributed by atoms with Crippen molar-refractivity contribution in [2.75, 3.05) is 11.9 Å². The molecular formula is C18H18N6O5S. The van der Waals surface area contributed by atoms with E-state index in [1.165, 1.54) is 0 Å². The van der Waals surface area contributed by atoms with E-state index in [0.717, 1.165) is 24.3 Å². The summed E-state index contributed by atoms with van der Waals surface area (Å²) in [5, 5.41) is 21.3. The Hall–Kier alpha value is -3.64. The predicted molar refractivity (Wildman–Crippen MR) is 108 cm³/mol. The molecule has 0 saturated heterocycles. The van der Waals surface area contributed by atoms with Crippen LogP contribution in [0, 0.1) is 10.1 Å². The Labute approximate surface area is 171 Å². The summed E-state index contributed by atoms with van der Waals surface area (Å²) < 4.78 is 28.4. The molecule has 156 valence electrons. The van der Waals surface area contributed by atoms with Crippen molar-refractivity contribution in [2.45, 2.75) is 11.3 Å². The first-order valence-corrected chi connectivity index (χ1v) is 10.2. The lowest BCUT2D eigenvalue weighted by Crippen LogP contribution is -2.27. The fraction of sp³-hybridized carbons (Fsp3) is 0.167. The molecule has 0 aliphatic heterocycles. The molecule has 2 N–H and O–H groups in total. The van der Waals surface area contributed by atoms with Gasteiger partial charge in [-0.25, -0.2) is 13.1 Å². The highest BCUT2D eigenvalue weighted by atomic mass is 32.2. The van der Waals surface area contributed by atoms with Crippen molar-refractivity contribution in [1.82, 2.24) is 19.7 Å². The number of hydrogen-bond donors (Lipinski definition) is 2. The number of rotatable bonds is 8. The molecule has 1 amide bonds. The number of aromatic nitrogens is 3. The van der Waals surface area contributed by atoms with Crippen LogP contribution in [0.1, 0.15) is 6.42 Å². The molecule has 0 unspecified atom stereocenters. The van der Waals surface area contributed by atoms with E-state index in [9.17, 15) is 23.3 Å². The summed E-state index contributed by atoms with van der Waals surface area (Å²) in [4.78, 5) is 22.2. The monoisotopic (exact) mass is 430 g/mol. The fourth-order valence-corrected chi connectivity index (χ4v) is 3.66. The van der Waals surface area contributed by atoms with Crippen LogP contribution in [-0.2, 0) is 21.9 Å². The van der Waals surface area contributed by atoms with E-state index in [-0.39, 0.29) is 23.5 Å². The van der Waals surface area contributed by atoms with Crippen LogP contribution in [0.4, 0.5) is 11.4 Å². The van der Waals surface area contributed by atoms with Gasteiger partial charge in [0.1, 0.15) is 5.69 Å². The number of amides is 1. The molecule has 0 radical (unpaired) electrons. The number of aryl methyl sites for hydroxylation is 1. The molecule has 0 aliphatic rings. The maximum Gasteiger partial charge on any atom is 0.269 e. The van der Waals surface area contributed by atoms with Gasteiger partial charge in [0, 0.05) is 37.7 Å². The third-order valence-corrected chi connectivity index (χ3v) is 5.56. The molecule has 0 spiro atoms. The number of anilines is 1. The number of benzene rings is 2. The van der Waals surface area contributed by atoms with E-state index in [1.54, 1.807) is 42.2 Å². The van der Waals surface area contributed by atoms with Gasteiger partial charge in [0.2, 0.25) is 15.9 Å². The zero-order valence-electron chi connectivity index (χ0n) is 15.8. The second-order valence-corrected chi connectivity index (χ2v) is 8.04. The van der Waals surface area contributed by atoms with Crippen LogP contribution in [0.15, 0.2) is 59.6 Å². The quantitative estimate of drug-likeness (QED) is 0.408. The van der Waals surface area contributed by atoms with Crippen LogP contribution in [0.5, 0.6) is 0 Å². The van der Waals surface area contributed by atoms with Crippen molar-refractivity contribution in [3.8, 4) is 11.3 Å². The molecule has 12 heteroatoms. The van der Waals surface area contributed by atoms with Gasteiger partial charge in [-0.1, -0.05) is 23.4 Å². The summed E-state index contributed by atoms with van der Waals surface area (Å²) in [6.07, 6.45) is 1.60. The number of nitrogens with zero attached hydrogens (tertiary/aromatic N) is 4. The predicted octanol–water partition coefficient (Wildman–Crippen LogP) is 1.70. The number of nitrogens with one attached hydrogen (secondary N) is 2. The van der Waals surface area contributed by atoms with Crippen molar-refractivity contribution in [3.63, 3.8) is 0 Å². The zero-order chi connectivity index (χ0) is 21.7. The number of para-hydroxylation sites is 1. The molecule has 3 aromatic rings. The number of nitro benzene ring substituents is 1. The summed E-state index contributed by atoms with van der Waals surface area (Å²) in [6.45, 7) is -0.140. The van der Waals surface area contributed by atoms with Gasteiger partial charge in [-0.05, 0) is 18.2 Å². The SMILES string of the molecule is Cn1cc(-c2ccccc2NC(=O)CCNS(=O)(=O)c2ccc([N+](=O)[O-])cc2)nn1. The molecule has 0 fully saturated rings. The average molecular weight is 430 g/mol. The molecule has 11 nitrogen and oxygen atoms in total. The van der Waals surface area contributed by atoms with Crippen LogP contribution < -0.4 is 10.0 Å². The Morgan fingerprint density at radius 1 is 1.17 bits per heavy atom. The van der Waals surface area contributed by atoms with Gasteiger partial charge >= 0.3 is 0 Å². The van der Waals surface area contributed by atoms with E-state index in [1.807, 2.05) is 0 Å². The van der Waals surface area contributed by atoms with Gasteiger partial charge in [0.05, 0.1) is 21.7 Å². The zero-order valence-corrected chi connectivity index (χ0v) is 16.7. The Morgan fingerprint density at radius 3 is 2.50 bits per heavy atom. The Morgan fingerprint density at radius 2 is 1.87 bits per heavy atom. The highest BCUT2D eigenvalue weighted by Gasteiger charge is 2.16. The molecular weight excluding hydrogens is 412 g/mol. The van der Waals surface area contributed by atoms with Gasteiger partial charge in [0.15, 0.2) is 0 Å². The number of carbonyl (C=O) groups excluding carboxylic acids is 1. The topological polar surface area (TPSA) is 149 Å². The Kier molecular flexibility index (Phi) is 6.18. The normalized spacial score (nSPS) is 11.2. The Balaban J connectivity index is 1.60. The first-order valence-electron chi connectivity index (χ1n) is 8.76. The number of hydrogen-bond acceptors (Lipinski definition) is 7. The van der Waals surface area contributed by atoms with Gasteiger partial charge in [-0.2, -0.15) is 0 Å². The fourth-order valence-electron chi connectivity index (χ4n) is 2.63. The molecule has 1 aromatic heterocycles. The third kappa shape index (κ3) is 5.04. The summed E-state index contributed by atoms with van der Waals surface area (Å²) >= 11 is 0. The standard InChI is InChI=1S/C18H18N6O5S/c1-23-12-17(21-22-23)15-4-2-3-5-16(15)20-18(25)10-11-19-30(28,29)14-8-6-13(7-9-14)24(26)27/h2-9,12,19H,10-11H2,1H3,(H,20,25). The van der Waals surface area contributed by atoms with Crippen molar-refractivity contribution in [1.29, 1.82) is 0 Å². The minimum atomic E-state index is -3.89. The van der Waals surface area contributed by atoms with Crippen molar-refractivity contribution in [3.05, 3.63) is 64.8 Å². The minimum Gasteiger partial charge on any atom is -0.325 e. The van der Waals surface area contributed by atoms with E-state index in [4.69, 9.17) is 0 Å². The van der Waals surface area contributed by atoms with Crippen molar-refractivity contribution < 1.29 is 18.1 Å². The van der Waals surface area contributed by atoms with Crippen LogP contribution in [0.3, 0.4) is 0 Å². The maximum atomic E-state index is 12.3. The summed E-state index contributed by atoms with van der Waals surface area (Å²) in [7, 11) is -2.16. The Bertz CT molecular complexity index is 1170. The van der Waals surface area contributed by atoms with Crippen LogP contribution in [0.2, 0.25) is 0 Å². The van der Waals surface area contributed by atoms with Crippen LogP contribution in [-0.4, -0.2) is 40.8 Å². The molecule has 0 bridgehead atoms. The third-order valence-electron chi connectivity index (χ3n) is 4.08. The van der Waals surface area contributed by atoms with Crippen molar-refractivity contribution in [2.24, 2.45) is 7.05 Å². The molecule has 30 heavy (non-hydrogen) atoms. The summed E-state index contributed by atoms with van der Waals surface area (Å²) in [6, 6.07) is 11.5. The molecule has 3 rings (SSSR count). The van der Waals surface area contributed by atoms with Crippen molar-refractivity contribution >= 4 is 27.3 Å². The average Bonchev–Trinajstić information content (AvgIpc) is 3.14. The highest BCUT2D eigenvalue weighted by Crippen LogP contribution is 2.25. The first kappa shape index (κ1) is 21.1. The van der Waals surface area contributed by atoms with Crippen LogP contribution >= 0.6 is 0 Å². The number of non-ortho nitro benzene ring substituents is 1. The lowest BCUT2D eigenvalue weighted by Gasteiger charge is -2.10. The largest absolute Gasteiger partial charge is 0.325 e. The highest BCUT2D eigenvalue weighted by molar-refractivity contribution is 7.89. The van der Waals surface area contributed by atoms with E-state index < -0.39 is 20.9 Å². The number of carbonyl (C=O) groups is 1. The second kappa shape index (κ2) is 8.80. The van der Waals surface area contributed by atoms with E-state index >= 15 is 0 Å². The molecule has 0 saturated carbocycles. The lowest BCUT2D eigenvalue weighted by molar-refractivity contribution is -0.384.